The highest BCUT2D eigenvalue weighted by molar-refractivity contribution is 7.99. The van der Waals surface area contributed by atoms with Gasteiger partial charge in [-0.15, -0.1) is 0 Å². The zero-order valence-electron chi connectivity index (χ0n) is 8.87. The third kappa shape index (κ3) is 2.43. The summed E-state index contributed by atoms with van der Waals surface area (Å²) in [5.74, 6) is 0.906. The molecule has 0 aliphatic carbocycles. The van der Waals surface area contributed by atoms with Gasteiger partial charge in [-0.05, 0) is 30.7 Å². The van der Waals surface area contributed by atoms with Gasteiger partial charge in [0.05, 0.1) is 16.2 Å². The third-order valence-electron chi connectivity index (χ3n) is 2.26. The fraction of sp³-hybridized carbons (Fsp3) is 0.167. The van der Waals surface area contributed by atoms with Crippen molar-refractivity contribution in [1.82, 2.24) is 0 Å². The summed E-state index contributed by atoms with van der Waals surface area (Å²) in [6.07, 6.45) is 1.68. The second kappa shape index (κ2) is 4.95. The summed E-state index contributed by atoms with van der Waals surface area (Å²) in [5.41, 5.74) is 6.59. The Hall–Kier alpha value is -0.900. The van der Waals surface area contributed by atoms with Gasteiger partial charge in [0.1, 0.15) is 5.76 Å². The highest BCUT2D eigenvalue weighted by atomic mass is 35.5. The van der Waals surface area contributed by atoms with Gasteiger partial charge in [0.2, 0.25) is 0 Å². The van der Waals surface area contributed by atoms with E-state index in [-0.39, 0.29) is 0 Å². The van der Waals surface area contributed by atoms with Crippen molar-refractivity contribution in [1.29, 1.82) is 0 Å². The van der Waals surface area contributed by atoms with Crippen molar-refractivity contribution in [2.45, 2.75) is 23.3 Å². The minimum atomic E-state index is 0.509. The average molecular weight is 254 g/mol. The fourth-order valence-electron chi connectivity index (χ4n) is 1.35. The maximum Gasteiger partial charge on any atom is 0.114 e. The molecule has 2 N–H and O–H groups in total. The van der Waals surface area contributed by atoms with Gasteiger partial charge >= 0.3 is 0 Å². The number of nitrogens with two attached hydrogens (primary N) is 1. The van der Waals surface area contributed by atoms with Gasteiger partial charge in [-0.1, -0.05) is 29.4 Å². The summed E-state index contributed by atoms with van der Waals surface area (Å²) in [6.45, 7) is 2.44. The molecule has 2 aromatic rings. The molecule has 2 rings (SSSR count). The van der Waals surface area contributed by atoms with E-state index in [1.807, 2.05) is 31.2 Å². The Kier molecular flexibility index (Phi) is 3.59. The summed E-state index contributed by atoms with van der Waals surface area (Å²) >= 11 is 7.77. The van der Waals surface area contributed by atoms with Crippen molar-refractivity contribution in [3.05, 3.63) is 46.9 Å². The Bertz CT molecular complexity index is 496. The summed E-state index contributed by atoms with van der Waals surface area (Å²) in [4.78, 5) is 2.10. The SMILES string of the molecule is Cc1occc1Sc1ccc(CN)cc1Cl. The van der Waals surface area contributed by atoms with Gasteiger partial charge in [-0.2, -0.15) is 0 Å². The predicted molar refractivity (Wildman–Crippen MR) is 66.9 cm³/mol. The Balaban J connectivity index is 2.25. The Morgan fingerprint density at radius 3 is 2.69 bits per heavy atom. The second-order valence-electron chi connectivity index (χ2n) is 3.41. The molecule has 0 saturated heterocycles. The number of hydrogen-bond donors (Lipinski definition) is 1. The molecule has 0 aliphatic heterocycles. The fourth-order valence-corrected chi connectivity index (χ4v) is 2.52. The van der Waals surface area contributed by atoms with Crippen LogP contribution in [0.25, 0.3) is 0 Å². The first-order valence-electron chi connectivity index (χ1n) is 4.91. The molecule has 1 aromatic heterocycles. The van der Waals surface area contributed by atoms with Gasteiger partial charge in [0, 0.05) is 11.4 Å². The van der Waals surface area contributed by atoms with Crippen LogP contribution in [0.1, 0.15) is 11.3 Å². The largest absolute Gasteiger partial charge is 0.468 e. The predicted octanol–water partition coefficient (Wildman–Crippen LogP) is 3.85. The van der Waals surface area contributed by atoms with Crippen molar-refractivity contribution >= 4 is 23.4 Å². The third-order valence-corrected chi connectivity index (χ3v) is 3.91. The van der Waals surface area contributed by atoms with Crippen molar-refractivity contribution < 1.29 is 4.42 Å². The maximum absolute atomic E-state index is 6.17. The number of furan rings is 1. The van der Waals surface area contributed by atoms with E-state index < -0.39 is 0 Å². The van der Waals surface area contributed by atoms with Crippen LogP contribution >= 0.6 is 23.4 Å². The van der Waals surface area contributed by atoms with E-state index in [1.54, 1.807) is 18.0 Å². The lowest BCUT2D eigenvalue weighted by Gasteiger charge is -2.04. The van der Waals surface area contributed by atoms with E-state index in [2.05, 4.69) is 0 Å². The highest BCUT2D eigenvalue weighted by Gasteiger charge is 2.07. The van der Waals surface area contributed by atoms with Gasteiger partial charge in [0.15, 0.2) is 0 Å². The van der Waals surface area contributed by atoms with Gasteiger partial charge in [-0.25, -0.2) is 0 Å². The first-order valence-corrected chi connectivity index (χ1v) is 6.10. The molecule has 84 valence electrons. The molecule has 4 heteroatoms. The first kappa shape index (κ1) is 11.6. The molecular weight excluding hydrogens is 242 g/mol. The standard InChI is InChI=1S/C12H12ClNOS/c1-8-11(4-5-15-8)16-12-3-2-9(7-14)6-10(12)13/h2-6H,7,14H2,1H3. The molecule has 1 aromatic carbocycles. The zero-order chi connectivity index (χ0) is 11.5. The van der Waals surface area contributed by atoms with E-state index in [9.17, 15) is 0 Å². The van der Waals surface area contributed by atoms with Crippen LogP contribution in [0.4, 0.5) is 0 Å². The molecule has 0 fully saturated rings. The number of rotatable bonds is 3. The molecule has 0 radical (unpaired) electrons. The molecule has 0 amide bonds. The Morgan fingerprint density at radius 2 is 2.12 bits per heavy atom. The molecule has 16 heavy (non-hydrogen) atoms. The van der Waals surface area contributed by atoms with Crippen LogP contribution in [-0.4, -0.2) is 0 Å². The molecule has 0 bridgehead atoms. The van der Waals surface area contributed by atoms with Crippen LogP contribution in [0.3, 0.4) is 0 Å². The van der Waals surface area contributed by atoms with Crippen molar-refractivity contribution in [2.24, 2.45) is 5.73 Å². The summed E-state index contributed by atoms with van der Waals surface area (Å²) in [5, 5.41) is 0.730. The smallest absolute Gasteiger partial charge is 0.114 e. The van der Waals surface area contributed by atoms with E-state index in [1.165, 1.54) is 0 Å². The van der Waals surface area contributed by atoms with Crippen molar-refractivity contribution in [3.8, 4) is 0 Å². The van der Waals surface area contributed by atoms with E-state index in [0.29, 0.717) is 6.54 Å². The average Bonchev–Trinajstić information content (AvgIpc) is 2.67. The van der Waals surface area contributed by atoms with Crippen LogP contribution in [0.5, 0.6) is 0 Å². The monoisotopic (exact) mass is 253 g/mol. The lowest BCUT2D eigenvalue weighted by Crippen LogP contribution is -1.95. The van der Waals surface area contributed by atoms with Gasteiger partial charge < -0.3 is 10.2 Å². The molecule has 2 nitrogen and oxygen atoms in total. The van der Waals surface area contributed by atoms with E-state index >= 15 is 0 Å². The van der Waals surface area contributed by atoms with E-state index in [0.717, 1.165) is 26.1 Å². The van der Waals surface area contributed by atoms with Crippen LogP contribution in [0.2, 0.25) is 5.02 Å². The minimum Gasteiger partial charge on any atom is -0.468 e. The molecule has 0 atom stereocenters. The van der Waals surface area contributed by atoms with Crippen LogP contribution in [-0.2, 0) is 6.54 Å². The summed E-state index contributed by atoms with van der Waals surface area (Å²) in [7, 11) is 0. The molecular formula is C12H12ClNOS. The molecule has 1 heterocycles. The number of hydrogen-bond acceptors (Lipinski definition) is 3. The van der Waals surface area contributed by atoms with E-state index in [4.69, 9.17) is 21.8 Å². The Labute approximate surface area is 104 Å². The van der Waals surface area contributed by atoms with Gasteiger partial charge in [-0.3, -0.25) is 0 Å². The quantitative estimate of drug-likeness (QED) is 0.903. The highest BCUT2D eigenvalue weighted by Crippen LogP contribution is 2.35. The first-order chi connectivity index (χ1) is 7.70. The number of halogens is 1. The zero-order valence-corrected chi connectivity index (χ0v) is 10.4. The molecule has 0 unspecified atom stereocenters. The maximum atomic E-state index is 6.17. The van der Waals surface area contributed by atoms with Crippen LogP contribution < -0.4 is 5.73 Å². The van der Waals surface area contributed by atoms with Gasteiger partial charge in [0.25, 0.3) is 0 Å². The number of benzene rings is 1. The van der Waals surface area contributed by atoms with Crippen LogP contribution in [0, 0.1) is 6.92 Å². The molecule has 0 saturated carbocycles. The summed E-state index contributed by atoms with van der Waals surface area (Å²) < 4.78 is 5.24. The van der Waals surface area contributed by atoms with Crippen molar-refractivity contribution in [3.63, 3.8) is 0 Å². The summed E-state index contributed by atoms with van der Waals surface area (Å²) in [6, 6.07) is 7.82. The molecule has 0 aliphatic rings. The van der Waals surface area contributed by atoms with Crippen LogP contribution in [0.15, 0.2) is 44.7 Å². The topological polar surface area (TPSA) is 39.2 Å². The lowest BCUT2D eigenvalue weighted by molar-refractivity contribution is 0.527. The Morgan fingerprint density at radius 1 is 1.31 bits per heavy atom. The van der Waals surface area contributed by atoms with Crippen molar-refractivity contribution in [2.75, 3.05) is 0 Å². The second-order valence-corrected chi connectivity index (χ2v) is 4.90. The minimum absolute atomic E-state index is 0.509. The number of aryl methyl sites for hydroxylation is 1. The molecule has 0 spiro atoms. The lowest BCUT2D eigenvalue weighted by atomic mass is 10.2. The normalized spacial score (nSPS) is 10.7.